The molecule has 1 amide bonds. The van der Waals surface area contributed by atoms with Crippen LogP contribution in [0.3, 0.4) is 0 Å². The Kier molecular flexibility index (Phi) is 6.32. The molecule has 3 N–H and O–H groups in total. The average molecular weight is 370 g/mol. The zero-order valence-electron chi connectivity index (χ0n) is 13.4. The summed E-state index contributed by atoms with van der Waals surface area (Å²) in [5.74, 6) is -0.138. The Morgan fingerprint density at radius 2 is 2.29 bits per heavy atom. The highest BCUT2D eigenvalue weighted by atomic mass is 35.5. The topological polar surface area (TPSA) is 68.0 Å². The van der Waals surface area contributed by atoms with E-state index in [4.69, 9.17) is 5.73 Å². The third kappa shape index (κ3) is 3.77. The van der Waals surface area contributed by atoms with E-state index in [1.165, 1.54) is 17.4 Å². The zero-order valence-corrected chi connectivity index (χ0v) is 15.1. The number of benzene rings is 1. The zero-order chi connectivity index (χ0) is 16.4. The molecule has 0 aliphatic heterocycles. The fraction of sp³-hybridized carbons (Fsp3) is 0.412. The summed E-state index contributed by atoms with van der Waals surface area (Å²) < 4.78 is 14.0. The first-order valence-electron chi connectivity index (χ1n) is 7.82. The number of carbonyl (C=O) groups is 1. The molecule has 0 radical (unpaired) electrons. The smallest absolute Gasteiger partial charge is 0.271 e. The van der Waals surface area contributed by atoms with Gasteiger partial charge in [0, 0.05) is 11.8 Å². The van der Waals surface area contributed by atoms with Gasteiger partial charge in [0.1, 0.15) is 11.5 Å². The van der Waals surface area contributed by atoms with Gasteiger partial charge in [0.2, 0.25) is 0 Å². The van der Waals surface area contributed by atoms with E-state index >= 15 is 0 Å². The molecule has 0 saturated heterocycles. The van der Waals surface area contributed by atoms with Gasteiger partial charge >= 0.3 is 0 Å². The molecule has 0 fully saturated rings. The highest BCUT2D eigenvalue weighted by molar-refractivity contribution is 7.09. The van der Waals surface area contributed by atoms with Gasteiger partial charge in [0.15, 0.2) is 0 Å². The minimum absolute atomic E-state index is 0. The van der Waals surface area contributed by atoms with E-state index in [0.29, 0.717) is 25.1 Å². The minimum Gasteiger partial charge on any atom is -0.344 e. The van der Waals surface area contributed by atoms with Crippen LogP contribution in [0.5, 0.6) is 0 Å². The van der Waals surface area contributed by atoms with Crippen molar-refractivity contribution >= 4 is 29.7 Å². The number of thiazole rings is 1. The van der Waals surface area contributed by atoms with Gasteiger partial charge in [0.25, 0.3) is 5.91 Å². The first-order valence-corrected chi connectivity index (χ1v) is 8.70. The van der Waals surface area contributed by atoms with E-state index in [2.05, 4.69) is 17.2 Å². The van der Waals surface area contributed by atoms with Gasteiger partial charge in [-0.2, -0.15) is 0 Å². The van der Waals surface area contributed by atoms with Crippen LogP contribution in [0.2, 0.25) is 0 Å². The van der Waals surface area contributed by atoms with Crippen LogP contribution in [0.4, 0.5) is 4.39 Å². The van der Waals surface area contributed by atoms with Crippen LogP contribution in [0.1, 0.15) is 46.0 Å². The van der Waals surface area contributed by atoms with Gasteiger partial charge in [0.05, 0.1) is 11.0 Å². The number of halogens is 2. The maximum Gasteiger partial charge on any atom is 0.271 e. The Morgan fingerprint density at radius 3 is 3.04 bits per heavy atom. The Labute approximate surface area is 151 Å². The lowest BCUT2D eigenvalue weighted by atomic mass is 9.80. The summed E-state index contributed by atoms with van der Waals surface area (Å²) in [4.78, 5) is 16.8. The molecular formula is C17H21ClFN3OS. The summed E-state index contributed by atoms with van der Waals surface area (Å²) in [5, 5.41) is 5.64. The molecule has 2 aromatic rings. The third-order valence-corrected chi connectivity index (χ3v) is 5.25. The molecule has 130 valence electrons. The molecule has 1 heterocycles. The van der Waals surface area contributed by atoms with Gasteiger partial charge in [-0.1, -0.05) is 19.1 Å². The van der Waals surface area contributed by atoms with Crippen molar-refractivity contribution in [2.75, 3.05) is 6.54 Å². The number of hydrogen-bond donors (Lipinski definition) is 2. The van der Waals surface area contributed by atoms with Crippen molar-refractivity contribution < 1.29 is 9.18 Å². The summed E-state index contributed by atoms with van der Waals surface area (Å²) in [5.41, 5.74) is 7.53. The average Bonchev–Trinajstić information content (AvgIpc) is 2.99. The van der Waals surface area contributed by atoms with Crippen molar-refractivity contribution in [3.63, 3.8) is 0 Å². The van der Waals surface area contributed by atoms with Crippen molar-refractivity contribution in [3.8, 4) is 0 Å². The number of carbonyl (C=O) groups excluding carboxylic acids is 1. The van der Waals surface area contributed by atoms with E-state index in [0.717, 1.165) is 22.6 Å². The number of nitrogens with two attached hydrogens (primary N) is 1. The highest BCUT2D eigenvalue weighted by Crippen LogP contribution is 2.35. The largest absolute Gasteiger partial charge is 0.344 e. The summed E-state index contributed by atoms with van der Waals surface area (Å²) in [6.07, 6.45) is 2.24. The van der Waals surface area contributed by atoms with Gasteiger partial charge < -0.3 is 11.1 Å². The molecule has 1 aliphatic carbocycles. The van der Waals surface area contributed by atoms with E-state index < -0.39 is 0 Å². The quantitative estimate of drug-likeness (QED) is 0.869. The molecule has 0 spiro atoms. The SMILES string of the molecule is CC1CCc2c(F)cccc2C1NC(=O)c1csc(CCN)n1.Cl. The van der Waals surface area contributed by atoms with E-state index in [1.807, 2.05) is 6.07 Å². The van der Waals surface area contributed by atoms with E-state index in [9.17, 15) is 9.18 Å². The van der Waals surface area contributed by atoms with Gasteiger partial charge in [-0.25, -0.2) is 9.37 Å². The van der Waals surface area contributed by atoms with Crippen molar-refractivity contribution in [3.05, 3.63) is 51.2 Å². The summed E-state index contributed by atoms with van der Waals surface area (Å²) in [6, 6.07) is 4.90. The Balaban J connectivity index is 0.00000208. The fourth-order valence-corrected chi connectivity index (χ4v) is 3.86. The third-order valence-electron chi connectivity index (χ3n) is 4.34. The summed E-state index contributed by atoms with van der Waals surface area (Å²) in [7, 11) is 0. The summed E-state index contributed by atoms with van der Waals surface area (Å²) in [6.45, 7) is 2.60. The molecule has 2 atom stereocenters. The number of aromatic nitrogens is 1. The van der Waals surface area contributed by atoms with Crippen LogP contribution >= 0.6 is 23.7 Å². The number of hydrogen-bond acceptors (Lipinski definition) is 4. The lowest BCUT2D eigenvalue weighted by Crippen LogP contribution is -2.36. The van der Waals surface area contributed by atoms with Crippen LogP contribution in [-0.4, -0.2) is 17.4 Å². The second kappa shape index (κ2) is 8.05. The predicted molar refractivity (Wildman–Crippen MR) is 96.2 cm³/mol. The maximum absolute atomic E-state index is 14.0. The van der Waals surface area contributed by atoms with Gasteiger partial charge in [-0.05, 0) is 42.5 Å². The van der Waals surface area contributed by atoms with Crippen LogP contribution in [0.25, 0.3) is 0 Å². The van der Waals surface area contributed by atoms with Gasteiger partial charge in [-0.3, -0.25) is 4.79 Å². The number of amides is 1. The van der Waals surface area contributed by atoms with Crippen molar-refractivity contribution in [2.24, 2.45) is 11.7 Å². The molecule has 24 heavy (non-hydrogen) atoms. The second-order valence-electron chi connectivity index (χ2n) is 5.94. The van der Waals surface area contributed by atoms with Crippen molar-refractivity contribution in [2.45, 2.75) is 32.2 Å². The van der Waals surface area contributed by atoms with Crippen LogP contribution < -0.4 is 11.1 Å². The molecule has 7 heteroatoms. The van der Waals surface area contributed by atoms with Crippen LogP contribution in [-0.2, 0) is 12.8 Å². The molecule has 2 unspecified atom stereocenters. The predicted octanol–water partition coefficient (Wildman–Crippen LogP) is 3.26. The normalized spacial score (nSPS) is 19.3. The van der Waals surface area contributed by atoms with Crippen molar-refractivity contribution in [1.82, 2.24) is 10.3 Å². The van der Waals surface area contributed by atoms with Gasteiger partial charge in [-0.15, -0.1) is 23.7 Å². The standard InChI is InChI=1S/C17H20FN3OS.ClH/c1-10-5-6-11-12(3-2-4-13(11)18)16(10)21-17(22)14-9-23-15(20-14)7-8-19;/h2-4,9-10,16H,5-8,19H2,1H3,(H,21,22);1H. The van der Waals surface area contributed by atoms with Crippen LogP contribution in [0, 0.1) is 11.7 Å². The lowest BCUT2D eigenvalue weighted by Gasteiger charge is -2.32. The Morgan fingerprint density at radius 1 is 1.50 bits per heavy atom. The number of nitrogens with zero attached hydrogens (tertiary/aromatic N) is 1. The highest BCUT2D eigenvalue weighted by Gasteiger charge is 2.30. The maximum atomic E-state index is 14.0. The monoisotopic (exact) mass is 369 g/mol. The Hall–Kier alpha value is -1.50. The molecule has 4 nitrogen and oxygen atoms in total. The first kappa shape index (κ1) is 18.8. The number of fused-ring (bicyclic) bond motifs is 1. The lowest BCUT2D eigenvalue weighted by molar-refractivity contribution is 0.0914. The van der Waals surface area contributed by atoms with Crippen molar-refractivity contribution in [1.29, 1.82) is 0 Å². The van der Waals surface area contributed by atoms with E-state index in [-0.39, 0.29) is 36.1 Å². The first-order chi connectivity index (χ1) is 11.1. The molecule has 1 aliphatic rings. The molecular weight excluding hydrogens is 349 g/mol. The van der Waals surface area contributed by atoms with Crippen LogP contribution in [0.15, 0.2) is 23.6 Å². The molecule has 0 saturated carbocycles. The Bertz CT molecular complexity index is 722. The molecule has 3 rings (SSSR count). The fourth-order valence-electron chi connectivity index (χ4n) is 3.06. The number of nitrogens with one attached hydrogen (secondary N) is 1. The second-order valence-corrected chi connectivity index (χ2v) is 6.88. The van der Waals surface area contributed by atoms with E-state index in [1.54, 1.807) is 11.4 Å². The summed E-state index contributed by atoms with van der Waals surface area (Å²) >= 11 is 1.44. The molecule has 0 bridgehead atoms. The molecule has 1 aromatic heterocycles. The number of rotatable bonds is 4. The minimum atomic E-state index is -0.210. The molecule has 1 aromatic carbocycles.